The van der Waals surface area contributed by atoms with Crippen molar-refractivity contribution in [3.63, 3.8) is 0 Å². The number of ether oxygens (including phenoxy) is 2. The number of methoxy groups -OCH3 is 2. The summed E-state index contributed by atoms with van der Waals surface area (Å²) in [6, 6.07) is 8.57. The number of nitrogens with one attached hydrogen (secondary N) is 2. The maximum Gasteiger partial charge on any atom is 0.259 e. The Bertz CT molecular complexity index is 974. The van der Waals surface area contributed by atoms with Gasteiger partial charge in [0.25, 0.3) is 5.91 Å². The highest BCUT2D eigenvalue weighted by Crippen LogP contribution is 2.30. The molecule has 3 aromatic rings. The number of pyridine rings is 1. The summed E-state index contributed by atoms with van der Waals surface area (Å²) in [6.45, 7) is 3.94. The predicted octanol–water partition coefficient (Wildman–Crippen LogP) is 4.29. The van der Waals surface area contributed by atoms with Gasteiger partial charge in [-0.2, -0.15) is 0 Å². The monoisotopic (exact) mass is 398 g/mol. The van der Waals surface area contributed by atoms with Gasteiger partial charge in [-0.05, 0) is 38.1 Å². The molecule has 0 aliphatic rings. The molecule has 0 spiro atoms. The van der Waals surface area contributed by atoms with Gasteiger partial charge in [-0.3, -0.25) is 4.79 Å². The van der Waals surface area contributed by atoms with Gasteiger partial charge in [-0.1, -0.05) is 0 Å². The van der Waals surface area contributed by atoms with Gasteiger partial charge in [0.1, 0.15) is 17.3 Å². The first-order valence-corrected chi connectivity index (χ1v) is 9.56. The van der Waals surface area contributed by atoms with Crippen LogP contribution in [0.2, 0.25) is 0 Å². The Kier molecular flexibility index (Phi) is 6.10. The number of hydrogen-bond donors (Lipinski definition) is 2. The molecule has 1 atom stereocenters. The van der Waals surface area contributed by atoms with Crippen LogP contribution in [0.25, 0.3) is 0 Å². The van der Waals surface area contributed by atoms with Crippen molar-refractivity contribution in [3.8, 4) is 11.5 Å². The summed E-state index contributed by atoms with van der Waals surface area (Å²) < 4.78 is 10.5. The van der Waals surface area contributed by atoms with Crippen molar-refractivity contribution in [1.29, 1.82) is 0 Å². The van der Waals surface area contributed by atoms with Crippen molar-refractivity contribution in [2.45, 2.75) is 19.9 Å². The van der Waals surface area contributed by atoms with Crippen LogP contribution < -0.4 is 20.1 Å². The van der Waals surface area contributed by atoms with Crippen molar-refractivity contribution in [3.05, 3.63) is 58.2 Å². The second-order valence-electron chi connectivity index (χ2n) is 6.08. The van der Waals surface area contributed by atoms with E-state index in [1.54, 1.807) is 62.1 Å². The average molecular weight is 398 g/mol. The molecule has 28 heavy (non-hydrogen) atoms. The molecular formula is C20H22N4O3S. The zero-order valence-corrected chi connectivity index (χ0v) is 17.0. The summed E-state index contributed by atoms with van der Waals surface area (Å²) >= 11 is 1.59. The third kappa shape index (κ3) is 4.40. The molecule has 146 valence electrons. The van der Waals surface area contributed by atoms with E-state index in [4.69, 9.17) is 9.47 Å². The second-order valence-corrected chi connectivity index (χ2v) is 7.14. The lowest BCUT2D eigenvalue weighted by Gasteiger charge is -2.16. The number of hydrogen-bond acceptors (Lipinski definition) is 7. The fourth-order valence-corrected chi connectivity index (χ4v) is 3.36. The van der Waals surface area contributed by atoms with E-state index in [0.29, 0.717) is 28.6 Å². The molecule has 0 bridgehead atoms. The van der Waals surface area contributed by atoms with Crippen molar-refractivity contribution in [2.24, 2.45) is 0 Å². The summed E-state index contributed by atoms with van der Waals surface area (Å²) in [4.78, 5) is 21.7. The van der Waals surface area contributed by atoms with Gasteiger partial charge in [0.15, 0.2) is 0 Å². The number of benzene rings is 1. The van der Waals surface area contributed by atoms with Crippen molar-refractivity contribution < 1.29 is 14.3 Å². The molecule has 2 heterocycles. The lowest BCUT2D eigenvalue weighted by Crippen LogP contribution is -2.17. The lowest BCUT2D eigenvalue weighted by atomic mass is 10.2. The standard InChI is InChI=1S/C20H22N4O3S/c1-12(17-11-28-13(2)23-17)22-19-15(6-5-9-21-19)20(25)24-16-8-7-14(26-3)10-18(16)27-4/h5-12H,1-4H3,(H,21,22)(H,24,25). The van der Waals surface area contributed by atoms with E-state index in [2.05, 4.69) is 20.6 Å². The quantitative estimate of drug-likeness (QED) is 0.618. The normalized spacial score (nSPS) is 11.6. The number of carbonyl (C=O) groups excluding carboxylic acids is 1. The summed E-state index contributed by atoms with van der Waals surface area (Å²) in [6.07, 6.45) is 1.64. The van der Waals surface area contributed by atoms with E-state index in [-0.39, 0.29) is 11.9 Å². The van der Waals surface area contributed by atoms with E-state index < -0.39 is 0 Å². The van der Waals surface area contributed by atoms with E-state index >= 15 is 0 Å². The minimum Gasteiger partial charge on any atom is -0.497 e. The van der Waals surface area contributed by atoms with Crippen LogP contribution in [-0.2, 0) is 0 Å². The zero-order valence-electron chi connectivity index (χ0n) is 16.1. The summed E-state index contributed by atoms with van der Waals surface area (Å²) in [5, 5.41) is 9.14. The molecule has 0 saturated carbocycles. The topological polar surface area (TPSA) is 85.4 Å². The molecule has 2 aromatic heterocycles. The Labute approximate surface area is 167 Å². The number of amides is 1. The molecule has 0 saturated heterocycles. The van der Waals surface area contributed by atoms with Gasteiger partial charge in [0.2, 0.25) is 0 Å². The first-order chi connectivity index (χ1) is 13.5. The first-order valence-electron chi connectivity index (χ1n) is 8.68. The highest BCUT2D eigenvalue weighted by atomic mass is 32.1. The highest BCUT2D eigenvalue weighted by Gasteiger charge is 2.17. The van der Waals surface area contributed by atoms with Crippen LogP contribution in [0.1, 0.15) is 34.0 Å². The van der Waals surface area contributed by atoms with Gasteiger partial charge in [0.05, 0.1) is 42.2 Å². The molecule has 0 radical (unpaired) electrons. The van der Waals surface area contributed by atoms with E-state index in [0.717, 1.165) is 10.7 Å². The van der Waals surface area contributed by atoms with Gasteiger partial charge in [0, 0.05) is 17.6 Å². The van der Waals surface area contributed by atoms with Crippen molar-refractivity contribution >= 4 is 28.7 Å². The minimum absolute atomic E-state index is 0.0816. The van der Waals surface area contributed by atoms with Crippen molar-refractivity contribution in [1.82, 2.24) is 9.97 Å². The summed E-state index contributed by atoms with van der Waals surface area (Å²) in [7, 11) is 3.12. The zero-order chi connectivity index (χ0) is 20.1. The molecule has 1 unspecified atom stereocenters. The van der Waals surface area contributed by atoms with Crippen LogP contribution in [0.4, 0.5) is 11.5 Å². The molecule has 2 N–H and O–H groups in total. The Morgan fingerprint density at radius 2 is 2.04 bits per heavy atom. The molecule has 8 heteroatoms. The molecule has 1 amide bonds. The number of anilines is 2. The number of aryl methyl sites for hydroxylation is 1. The van der Waals surface area contributed by atoms with Crippen LogP contribution in [0, 0.1) is 6.92 Å². The largest absolute Gasteiger partial charge is 0.497 e. The van der Waals surface area contributed by atoms with Gasteiger partial charge in [-0.25, -0.2) is 9.97 Å². The van der Waals surface area contributed by atoms with Gasteiger partial charge < -0.3 is 20.1 Å². The maximum absolute atomic E-state index is 12.9. The van der Waals surface area contributed by atoms with Crippen molar-refractivity contribution in [2.75, 3.05) is 24.9 Å². The number of carbonyl (C=O) groups is 1. The average Bonchev–Trinajstić information content (AvgIpc) is 3.15. The first kappa shape index (κ1) is 19.6. The fraction of sp³-hybridized carbons (Fsp3) is 0.250. The molecule has 0 aliphatic carbocycles. The molecule has 1 aromatic carbocycles. The van der Waals surface area contributed by atoms with E-state index in [9.17, 15) is 4.79 Å². The van der Waals surface area contributed by atoms with Crippen LogP contribution in [0.3, 0.4) is 0 Å². The van der Waals surface area contributed by atoms with E-state index in [1.807, 2.05) is 19.2 Å². The SMILES string of the molecule is COc1ccc(NC(=O)c2cccnc2NC(C)c2csc(C)n2)c(OC)c1. The van der Waals surface area contributed by atoms with Crippen LogP contribution >= 0.6 is 11.3 Å². The minimum atomic E-state index is -0.291. The Balaban J connectivity index is 1.81. The van der Waals surface area contributed by atoms with Crippen LogP contribution in [-0.4, -0.2) is 30.1 Å². The lowest BCUT2D eigenvalue weighted by molar-refractivity contribution is 0.102. The molecule has 0 aliphatic heterocycles. The fourth-order valence-electron chi connectivity index (χ4n) is 2.65. The molecule has 0 fully saturated rings. The number of nitrogens with zero attached hydrogens (tertiary/aromatic N) is 2. The third-order valence-corrected chi connectivity index (χ3v) is 4.93. The van der Waals surface area contributed by atoms with E-state index in [1.165, 1.54) is 0 Å². The molecule has 3 rings (SSSR count). The maximum atomic E-state index is 12.9. The van der Waals surface area contributed by atoms with Gasteiger partial charge in [-0.15, -0.1) is 11.3 Å². The smallest absolute Gasteiger partial charge is 0.259 e. The van der Waals surface area contributed by atoms with Gasteiger partial charge >= 0.3 is 0 Å². The number of aromatic nitrogens is 2. The number of thiazole rings is 1. The highest BCUT2D eigenvalue weighted by molar-refractivity contribution is 7.09. The third-order valence-electron chi connectivity index (χ3n) is 4.14. The second kappa shape index (κ2) is 8.71. The van der Waals surface area contributed by atoms with Crippen LogP contribution in [0.15, 0.2) is 41.9 Å². The number of rotatable bonds is 7. The summed E-state index contributed by atoms with van der Waals surface area (Å²) in [5.74, 6) is 1.36. The summed E-state index contributed by atoms with van der Waals surface area (Å²) in [5.41, 5.74) is 1.89. The Hall–Kier alpha value is -3.13. The molecular weight excluding hydrogens is 376 g/mol. The Morgan fingerprint density at radius 1 is 1.21 bits per heavy atom. The Morgan fingerprint density at radius 3 is 2.71 bits per heavy atom. The molecule has 7 nitrogen and oxygen atoms in total. The predicted molar refractivity (Wildman–Crippen MR) is 111 cm³/mol. The van der Waals surface area contributed by atoms with Crippen LogP contribution in [0.5, 0.6) is 11.5 Å².